The molecule has 0 aliphatic rings. The van der Waals surface area contributed by atoms with Crippen LogP contribution in [0.1, 0.15) is 18.0 Å². The van der Waals surface area contributed by atoms with E-state index in [1.807, 2.05) is 0 Å². The molecule has 1 atom stereocenters. The first-order chi connectivity index (χ1) is 8.70. The van der Waals surface area contributed by atoms with Gasteiger partial charge in [0.1, 0.15) is 6.61 Å². The lowest BCUT2D eigenvalue weighted by Gasteiger charge is -2.13. The molecule has 0 radical (unpaired) electrons. The van der Waals surface area contributed by atoms with Crippen molar-refractivity contribution in [2.75, 3.05) is 13.2 Å². The highest BCUT2D eigenvalue weighted by molar-refractivity contribution is 5.22. The van der Waals surface area contributed by atoms with Gasteiger partial charge < -0.3 is 10.5 Å². The molecule has 2 N–H and O–H groups in total. The van der Waals surface area contributed by atoms with Gasteiger partial charge in [-0.2, -0.15) is 13.2 Å². The third kappa shape index (κ3) is 5.07. The quantitative estimate of drug-likeness (QED) is 0.513. The lowest BCUT2D eigenvalue weighted by molar-refractivity contribution is -0.174. The molecule has 0 spiro atoms. The molecule has 8 heteroatoms. The van der Waals surface area contributed by atoms with Crippen molar-refractivity contribution in [3.05, 3.63) is 35.1 Å². The van der Waals surface area contributed by atoms with Crippen molar-refractivity contribution in [2.45, 2.75) is 18.6 Å². The summed E-state index contributed by atoms with van der Waals surface area (Å²) >= 11 is 0. The van der Waals surface area contributed by atoms with Gasteiger partial charge in [-0.15, -0.1) is 0 Å². The second-order valence-electron chi connectivity index (χ2n) is 3.86. The fourth-order valence-electron chi connectivity index (χ4n) is 1.35. The van der Waals surface area contributed by atoms with Crippen LogP contribution in [0.15, 0.2) is 12.1 Å². The van der Waals surface area contributed by atoms with Gasteiger partial charge >= 0.3 is 6.18 Å². The molecule has 108 valence electrons. The number of halogens is 6. The maximum Gasteiger partial charge on any atom is 0.411 e. The molecule has 0 saturated carbocycles. The van der Waals surface area contributed by atoms with Crippen LogP contribution in [0, 0.1) is 17.5 Å². The summed E-state index contributed by atoms with van der Waals surface area (Å²) in [6, 6.07) is 0.456. The molecular weight excluding hydrogens is 276 g/mol. The highest BCUT2D eigenvalue weighted by atomic mass is 19.4. The lowest BCUT2D eigenvalue weighted by atomic mass is 10.0. The second-order valence-corrected chi connectivity index (χ2v) is 3.86. The summed E-state index contributed by atoms with van der Waals surface area (Å²) in [5, 5.41) is 0. The van der Waals surface area contributed by atoms with E-state index in [1.165, 1.54) is 0 Å². The molecule has 0 fully saturated rings. The maximum absolute atomic E-state index is 12.9. The number of nitrogens with two attached hydrogens (primary N) is 1. The first kappa shape index (κ1) is 15.8. The van der Waals surface area contributed by atoms with E-state index in [0.717, 1.165) is 0 Å². The van der Waals surface area contributed by atoms with Crippen molar-refractivity contribution in [3.8, 4) is 0 Å². The minimum Gasteiger partial charge on any atom is -0.372 e. The molecule has 0 heterocycles. The largest absolute Gasteiger partial charge is 0.411 e. The number of alkyl halides is 3. The second kappa shape index (κ2) is 6.25. The third-order valence-electron chi connectivity index (χ3n) is 2.27. The number of benzene rings is 1. The van der Waals surface area contributed by atoms with Gasteiger partial charge in [-0.05, 0) is 24.1 Å². The first-order valence-corrected chi connectivity index (χ1v) is 5.25. The van der Waals surface area contributed by atoms with Gasteiger partial charge in [-0.1, -0.05) is 0 Å². The van der Waals surface area contributed by atoms with Crippen LogP contribution in [-0.2, 0) is 4.74 Å². The number of rotatable bonds is 5. The van der Waals surface area contributed by atoms with Crippen molar-refractivity contribution in [3.63, 3.8) is 0 Å². The molecular formula is C11H11F6NO. The van der Waals surface area contributed by atoms with E-state index >= 15 is 0 Å². The van der Waals surface area contributed by atoms with Gasteiger partial charge in [0.15, 0.2) is 17.5 Å². The smallest absolute Gasteiger partial charge is 0.372 e. The molecule has 0 aliphatic carbocycles. The lowest BCUT2D eigenvalue weighted by Crippen LogP contribution is -2.20. The fourth-order valence-corrected chi connectivity index (χ4v) is 1.35. The Labute approximate surface area is 105 Å². The van der Waals surface area contributed by atoms with Gasteiger partial charge in [0.05, 0.1) is 0 Å². The van der Waals surface area contributed by atoms with Gasteiger partial charge in [0.25, 0.3) is 0 Å². The fraction of sp³-hybridized carbons (Fsp3) is 0.455. The van der Waals surface area contributed by atoms with Gasteiger partial charge in [0.2, 0.25) is 0 Å². The number of hydrogen-bond donors (Lipinski definition) is 1. The van der Waals surface area contributed by atoms with Crippen molar-refractivity contribution < 1.29 is 31.1 Å². The summed E-state index contributed by atoms with van der Waals surface area (Å²) in [6.45, 7) is -1.76. The van der Waals surface area contributed by atoms with Crippen LogP contribution >= 0.6 is 0 Å². The van der Waals surface area contributed by atoms with Crippen LogP contribution in [0.5, 0.6) is 0 Å². The molecule has 0 amide bonds. The van der Waals surface area contributed by atoms with Gasteiger partial charge in [0, 0.05) is 12.6 Å². The zero-order valence-corrected chi connectivity index (χ0v) is 9.61. The molecule has 0 saturated heterocycles. The Morgan fingerprint density at radius 1 is 1.11 bits per heavy atom. The zero-order valence-electron chi connectivity index (χ0n) is 9.61. The van der Waals surface area contributed by atoms with Gasteiger partial charge in [-0.25, -0.2) is 13.2 Å². The third-order valence-corrected chi connectivity index (χ3v) is 2.27. The zero-order chi connectivity index (χ0) is 14.6. The molecule has 1 rings (SSSR count). The molecule has 19 heavy (non-hydrogen) atoms. The van der Waals surface area contributed by atoms with Crippen molar-refractivity contribution in [1.29, 1.82) is 0 Å². The summed E-state index contributed by atoms with van der Waals surface area (Å²) in [5.74, 6) is -4.42. The predicted molar refractivity (Wildman–Crippen MR) is 54.7 cm³/mol. The van der Waals surface area contributed by atoms with Crippen LogP contribution in [0.2, 0.25) is 0 Å². The summed E-state index contributed by atoms with van der Waals surface area (Å²) in [7, 11) is 0. The van der Waals surface area contributed by atoms with Crippen LogP contribution in [0.25, 0.3) is 0 Å². The van der Waals surface area contributed by atoms with Crippen molar-refractivity contribution >= 4 is 0 Å². The molecule has 1 aromatic carbocycles. The van der Waals surface area contributed by atoms with E-state index in [9.17, 15) is 26.3 Å². The Kier molecular flexibility index (Phi) is 5.19. The molecule has 1 aromatic rings. The Balaban J connectivity index is 2.52. The molecule has 0 aromatic heterocycles. The molecule has 2 nitrogen and oxygen atoms in total. The summed E-state index contributed by atoms with van der Waals surface area (Å²) in [6.07, 6.45) is -4.53. The maximum atomic E-state index is 12.9. The van der Waals surface area contributed by atoms with Crippen molar-refractivity contribution in [1.82, 2.24) is 0 Å². The molecule has 0 aliphatic heterocycles. The van der Waals surface area contributed by atoms with E-state index in [4.69, 9.17) is 5.73 Å². The predicted octanol–water partition coefficient (Wildman–Crippen LogP) is 3.07. The minimum atomic E-state index is -4.45. The molecule has 1 unspecified atom stereocenters. The summed E-state index contributed by atoms with van der Waals surface area (Å²) in [5.41, 5.74) is 5.47. The average Bonchev–Trinajstić information content (AvgIpc) is 2.29. The van der Waals surface area contributed by atoms with E-state index in [2.05, 4.69) is 4.74 Å². The van der Waals surface area contributed by atoms with Crippen molar-refractivity contribution in [2.24, 2.45) is 5.73 Å². The van der Waals surface area contributed by atoms with E-state index < -0.39 is 36.3 Å². The van der Waals surface area contributed by atoms with E-state index in [0.29, 0.717) is 12.1 Å². The standard InChI is InChI=1S/C11H11F6NO/c12-7-3-6(4-8(13)10(7)14)9(18)1-2-19-5-11(15,16)17/h3-4,9H,1-2,5,18H2. The molecule has 0 bridgehead atoms. The number of ether oxygens (including phenoxy) is 1. The normalized spacial score (nSPS) is 13.6. The Hall–Kier alpha value is -1.28. The first-order valence-electron chi connectivity index (χ1n) is 5.25. The summed E-state index contributed by atoms with van der Waals surface area (Å²) in [4.78, 5) is 0. The topological polar surface area (TPSA) is 35.2 Å². The van der Waals surface area contributed by atoms with Crippen LogP contribution in [0.3, 0.4) is 0 Å². The van der Waals surface area contributed by atoms with Crippen LogP contribution < -0.4 is 5.73 Å². The summed E-state index contributed by atoms with van der Waals surface area (Å²) < 4.78 is 78.0. The monoisotopic (exact) mass is 287 g/mol. The van der Waals surface area contributed by atoms with Gasteiger partial charge in [-0.3, -0.25) is 0 Å². The van der Waals surface area contributed by atoms with E-state index in [1.54, 1.807) is 0 Å². The Bertz CT molecular complexity index is 411. The SMILES string of the molecule is NC(CCOCC(F)(F)F)c1cc(F)c(F)c(F)c1. The van der Waals surface area contributed by atoms with Crippen LogP contribution in [0.4, 0.5) is 26.3 Å². The highest BCUT2D eigenvalue weighted by Crippen LogP contribution is 2.20. The van der Waals surface area contributed by atoms with E-state index in [-0.39, 0.29) is 18.6 Å². The van der Waals surface area contributed by atoms with Crippen LogP contribution in [-0.4, -0.2) is 19.4 Å². The highest BCUT2D eigenvalue weighted by Gasteiger charge is 2.27. The minimum absolute atomic E-state index is 0.0491. The Morgan fingerprint density at radius 2 is 1.63 bits per heavy atom. The Morgan fingerprint density at radius 3 is 2.11 bits per heavy atom. The average molecular weight is 287 g/mol. The number of hydrogen-bond acceptors (Lipinski definition) is 2.